The molecule has 3 saturated heterocycles. The zero-order valence-electron chi connectivity index (χ0n) is 15.6. The molecular weight excluding hydrogens is 385 g/mol. The number of hydrogen-bond acceptors (Lipinski definition) is 4. The average Bonchev–Trinajstić information content (AvgIpc) is 2.68. The minimum absolute atomic E-state index is 0. The lowest BCUT2D eigenvalue weighted by Gasteiger charge is -2.56. The Balaban J connectivity index is 0.00000131. The van der Waals surface area contributed by atoms with E-state index in [1.807, 2.05) is 35.2 Å². The lowest BCUT2D eigenvalue weighted by atomic mass is 9.72. The number of benzene rings is 1. The Morgan fingerprint density at radius 3 is 2.56 bits per heavy atom. The van der Waals surface area contributed by atoms with Crippen molar-refractivity contribution in [1.82, 2.24) is 9.80 Å². The smallest absolute Gasteiger partial charge is 0.244 e. The van der Waals surface area contributed by atoms with Gasteiger partial charge in [0.15, 0.2) is 0 Å². The van der Waals surface area contributed by atoms with E-state index >= 15 is 0 Å². The maximum atomic E-state index is 13.0. The Morgan fingerprint density at radius 1 is 1.15 bits per heavy atom. The first-order valence-electron chi connectivity index (χ1n) is 9.65. The summed E-state index contributed by atoms with van der Waals surface area (Å²) in [6.07, 6.45) is 4.82. The largest absolute Gasteiger partial charge is 0.395 e. The van der Waals surface area contributed by atoms with Gasteiger partial charge in [0.2, 0.25) is 5.91 Å². The van der Waals surface area contributed by atoms with Crippen LogP contribution in [0.1, 0.15) is 37.3 Å². The molecule has 0 aliphatic carbocycles. The van der Waals surface area contributed by atoms with Crippen LogP contribution in [-0.4, -0.2) is 59.1 Å². The van der Waals surface area contributed by atoms with E-state index in [0.29, 0.717) is 17.9 Å². The molecule has 5 nitrogen and oxygen atoms in total. The lowest BCUT2D eigenvalue weighted by Crippen LogP contribution is -2.65. The molecule has 3 aliphatic heterocycles. The minimum Gasteiger partial charge on any atom is -0.395 e. The number of halogens is 2. The van der Waals surface area contributed by atoms with E-state index in [-0.39, 0.29) is 43.4 Å². The van der Waals surface area contributed by atoms with Gasteiger partial charge in [0.1, 0.15) is 6.04 Å². The van der Waals surface area contributed by atoms with Crippen LogP contribution in [0.25, 0.3) is 0 Å². The van der Waals surface area contributed by atoms with Crippen LogP contribution in [0.2, 0.25) is 0 Å². The Morgan fingerprint density at radius 2 is 1.85 bits per heavy atom. The molecule has 27 heavy (non-hydrogen) atoms. The number of carbonyl (C=O) groups is 1. The molecule has 0 spiro atoms. The van der Waals surface area contributed by atoms with Crippen LogP contribution in [0.4, 0.5) is 0 Å². The maximum absolute atomic E-state index is 13.0. The van der Waals surface area contributed by atoms with Crippen molar-refractivity contribution in [3.8, 4) is 0 Å². The second kappa shape index (κ2) is 9.57. The first kappa shape index (κ1) is 22.4. The van der Waals surface area contributed by atoms with E-state index in [1.54, 1.807) is 0 Å². The monoisotopic (exact) mass is 415 g/mol. The van der Waals surface area contributed by atoms with Gasteiger partial charge in [-0.3, -0.25) is 9.69 Å². The van der Waals surface area contributed by atoms with Crippen molar-refractivity contribution >= 4 is 30.7 Å². The molecule has 152 valence electrons. The topological polar surface area (TPSA) is 69.8 Å². The van der Waals surface area contributed by atoms with Crippen LogP contribution in [0.3, 0.4) is 0 Å². The van der Waals surface area contributed by atoms with Crippen LogP contribution in [0.15, 0.2) is 30.3 Å². The van der Waals surface area contributed by atoms with Crippen molar-refractivity contribution in [2.24, 2.45) is 17.6 Å². The van der Waals surface area contributed by atoms with E-state index in [0.717, 1.165) is 31.6 Å². The van der Waals surface area contributed by atoms with Gasteiger partial charge in [-0.2, -0.15) is 0 Å². The van der Waals surface area contributed by atoms with Gasteiger partial charge in [-0.15, -0.1) is 24.8 Å². The molecule has 0 radical (unpaired) electrons. The number of likely N-dealkylation sites (tertiary alicyclic amines) is 1. The number of piperidine rings is 3. The van der Waals surface area contributed by atoms with Gasteiger partial charge in [0.05, 0.1) is 6.61 Å². The van der Waals surface area contributed by atoms with E-state index in [2.05, 4.69) is 4.90 Å². The quantitative estimate of drug-likeness (QED) is 0.793. The second-order valence-electron chi connectivity index (χ2n) is 7.94. The highest BCUT2D eigenvalue weighted by Crippen LogP contribution is 2.41. The number of hydrogen-bond donors (Lipinski definition) is 2. The normalized spacial score (nSPS) is 31.1. The second-order valence-corrected chi connectivity index (χ2v) is 7.94. The number of nitrogens with zero attached hydrogens (tertiary/aromatic N) is 2. The van der Waals surface area contributed by atoms with Crippen LogP contribution >= 0.6 is 24.8 Å². The molecule has 4 rings (SSSR count). The number of aliphatic hydroxyl groups excluding tert-OH is 1. The third-order valence-electron chi connectivity index (χ3n) is 6.55. The lowest BCUT2D eigenvalue weighted by molar-refractivity contribution is -0.143. The molecule has 3 N–H and O–H groups in total. The van der Waals surface area contributed by atoms with Crippen LogP contribution in [0, 0.1) is 11.8 Å². The van der Waals surface area contributed by atoms with Gasteiger partial charge in [0, 0.05) is 25.2 Å². The van der Waals surface area contributed by atoms with Gasteiger partial charge in [-0.1, -0.05) is 36.8 Å². The molecule has 3 heterocycles. The number of aliphatic hydroxyl groups is 1. The number of carbonyl (C=O) groups excluding carboxylic acids is 1. The van der Waals surface area contributed by atoms with E-state index < -0.39 is 6.04 Å². The average molecular weight is 416 g/mol. The first-order valence-corrected chi connectivity index (χ1v) is 9.65. The Hall–Kier alpha value is -0.850. The standard InChI is InChI=1S/C20H29N3O2.2ClH/c21-19(14-6-2-1-3-7-14)20(25)22-11-15-10-16(12-22)18(13-24)23-9-5-4-8-17(15)23;;/h1-3,6-7,15-19,24H,4-5,8-13,21H2;2*1H/t15-,16+,17+,18+,19-;;/m1../s1. The fourth-order valence-corrected chi connectivity index (χ4v) is 5.34. The third-order valence-corrected chi connectivity index (χ3v) is 6.55. The molecule has 0 saturated carbocycles. The number of amides is 1. The maximum Gasteiger partial charge on any atom is 0.244 e. The molecule has 3 aliphatic rings. The summed E-state index contributed by atoms with van der Waals surface area (Å²) in [5.74, 6) is 0.917. The molecule has 2 bridgehead atoms. The SMILES string of the molecule is Cl.Cl.N[C@@H](C(=O)N1C[C@H]2C[C@@H](C1)[C@H](CO)N1CCCC[C@@H]21)c1ccccc1. The highest BCUT2D eigenvalue weighted by Gasteiger charge is 2.48. The summed E-state index contributed by atoms with van der Waals surface area (Å²) in [5, 5.41) is 9.98. The minimum atomic E-state index is -0.588. The molecule has 1 aromatic rings. The fraction of sp³-hybridized carbons (Fsp3) is 0.650. The first-order chi connectivity index (χ1) is 12.2. The van der Waals surface area contributed by atoms with Crippen LogP contribution in [-0.2, 0) is 4.79 Å². The van der Waals surface area contributed by atoms with Crippen LogP contribution < -0.4 is 5.73 Å². The molecule has 0 aromatic heterocycles. The zero-order chi connectivity index (χ0) is 17.4. The van der Waals surface area contributed by atoms with Crippen molar-refractivity contribution in [2.45, 2.75) is 43.8 Å². The van der Waals surface area contributed by atoms with Crippen molar-refractivity contribution in [3.63, 3.8) is 0 Å². The van der Waals surface area contributed by atoms with Gasteiger partial charge in [-0.25, -0.2) is 0 Å². The summed E-state index contributed by atoms with van der Waals surface area (Å²) in [7, 11) is 0. The number of nitrogens with two attached hydrogens (primary N) is 1. The Labute approximate surface area is 174 Å². The predicted octanol–water partition coefficient (Wildman–Crippen LogP) is 2.22. The molecule has 1 amide bonds. The van der Waals surface area contributed by atoms with Gasteiger partial charge in [0.25, 0.3) is 0 Å². The van der Waals surface area contributed by atoms with Gasteiger partial charge < -0.3 is 15.7 Å². The zero-order valence-corrected chi connectivity index (χ0v) is 17.2. The Kier molecular flexibility index (Phi) is 7.95. The van der Waals surface area contributed by atoms with Gasteiger partial charge in [-0.05, 0) is 43.2 Å². The number of fused-ring (bicyclic) bond motifs is 4. The summed E-state index contributed by atoms with van der Waals surface area (Å²) in [4.78, 5) is 17.5. The van der Waals surface area contributed by atoms with Crippen LogP contribution in [0.5, 0.6) is 0 Å². The summed E-state index contributed by atoms with van der Waals surface area (Å²) in [5.41, 5.74) is 7.14. The van der Waals surface area contributed by atoms with E-state index in [1.165, 1.54) is 19.3 Å². The van der Waals surface area contributed by atoms with Crippen molar-refractivity contribution in [2.75, 3.05) is 26.2 Å². The third kappa shape index (κ3) is 4.28. The molecule has 3 fully saturated rings. The molecule has 1 aromatic carbocycles. The summed E-state index contributed by atoms with van der Waals surface area (Å²) in [6, 6.07) is 9.77. The van der Waals surface area contributed by atoms with Gasteiger partial charge >= 0.3 is 0 Å². The number of rotatable bonds is 3. The van der Waals surface area contributed by atoms with Crippen molar-refractivity contribution in [1.29, 1.82) is 0 Å². The summed E-state index contributed by atoms with van der Waals surface area (Å²) < 4.78 is 0. The fourth-order valence-electron chi connectivity index (χ4n) is 5.34. The Bertz CT molecular complexity index is 605. The summed E-state index contributed by atoms with van der Waals surface area (Å²) >= 11 is 0. The molecule has 0 unspecified atom stereocenters. The molecule has 5 atom stereocenters. The highest BCUT2D eigenvalue weighted by molar-refractivity contribution is 5.85. The molecular formula is C20H31Cl2N3O2. The highest BCUT2D eigenvalue weighted by atomic mass is 35.5. The van der Waals surface area contributed by atoms with E-state index in [4.69, 9.17) is 5.73 Å². The summed E-state index contributed by atoms with van der Waals surface area (Å²) in [6.45, 7) is 2.83. The van der Waals surface area contributed by atoms with Crippen molar-refractivity contribution in [3.05, 3.63) is 35.9 Å². The predicted molar refractivity (Wildman–Crippen MR) is 111 cm³/mol. The van der Waals surface area contributed by atoms with E-state index in [9.17, 15) is 9.90 Å². The van der Waals surface area contributed by atoms with Crippen molar-refractivity contribution < 1.29 is 9.90 Å². The molecule has 7 heteroatoms.